The van der Waals surface area contributed by atoms with Gasteiger partial charge in [0.25, 0.3) is 0 Å². The molecule has 0 aliphatic heterocycles. The van der Waals surface area contributed by atoms with Crippen LogP contribution in [0.5, 0.6) is 0 Å². The number of hydrogen-bond acceptors (Lipinski definition) is 3. The van der Waals surface area contributed by atoms with Crippen LogP contribution < -0.4 is 5.73 Å². The number of halogens is 1. The summed E-state index contributed by atoms with van der Waals surface area (Å²) in [5.74, 6) is 0. The predicted molar refractivity (Wildman–Crippen MR) is 27.9 cm³/mol. The van der Waals surface area contributed by atoms with E-state index in [4.69, 9.17) is 16.1 Å². The molecule has 42 valence electrons. The zero-order chi connectivity index (χ0) is 4.99. The molecule has 0 fully saturated rings. The number of rotatable bonds is 1. The minimum Gasteiger partial charge on any atom is -0.394 e. The third-order valence-corrected chi connectivity index (χ3v) is 0.363. The summed E-state index contributed by atoms with van der Waals surface area (Å²) >= 11 is 0. The van der Waals surface area contributed by atoms with Gasteiger partial charge in [-0.05, 0) is 0 Å². The topological polar surface area (TPSA) is 70.0 Å². The molecule has 0 bridgehead atoms. The first-order valence-corrected chi connectivity index (χ1v) is 1.57. The minimum atomic E-state index is -0.704. The summed E-state index contributed by atoms with van der Waals surface area (Å²) in [6.45, 7) is -0.253. The van der Waals surface area contributed by atoms with E-state index in [9.17, 15) is 0 Å². The highest BCUT2D eigenvalue weighted by Crippen LogP contribution is 1.64. The molecule has 0 spiro atoms. The number of aliphatic hydroxyl groups excluding tert-OH is 1. The number of hydrogen-bond donors (Lipinski definition) is 2. The van der Waals surface area contributed by atoms with Gasteiger partial charge in [-0.2, -0.15) is 5.26 Å². The lowest BCUT2D eigenvalue weighted by atomic mass is 10.4. The summed E-state index contributed by atoms with van der Waals surface area (Å²) in [6, 6.07) is 0.939. The summed E-state index contributed by atoms with van der Waals surface area (Å²) in [5, 5.41) is 15.8. The van der Waals surface area contributed by atoms with Crippen LogP contribution in [0.2, 0.25) is 0 Å². The zero-order valence-electron chi connectivity index (χ0n) is 3.66. The van der Waals surface area contributed by atoms with Crippen molar-refractivity contribution in [3.63, 3.8) is 0 Å². The third kappa shape index (κ3) is 5.70. The summed E-state index contributed by atoms with van der Waals surface area (Å²) in [5.41, 5.74) is 4.86. The van der Waals surface area contributed by atoms with Crippen molar-refractivity contribution in [2.24, 2.45) is 5.73 Å². The zero-order valence-corrected chi connectivity index (χ0v) is 4.48. The lowest BCUT2D eigenvalue weighted by Crippen LogP contribution is -2.21. The standard InChI is InChI=1S/C3H6N2O.ClH/c4-1-3(5)2-6;/h3,6H,2,5H2;1H. The Bertz CT molecular complexity index is 69.8. The maximum absolute atomic E-state index is 7.99. The Kier molecular flexibility index (Phi) is 8.02. The fraction of sp³-hybridized carbons (Fsp3) is 0.667. The van der Waals surface area contributed by atoms with Crippen LogP contribution in [0.1, 0.15) is 0 Å². The SMILES string of the molecule is Cl.N#CC(N)CO. The first kappa shape index (κ1) is 9.85. The molecular formula is C3H7ClN2O. The van der Waals surface area contributed by atoms with Gasteiger partial charge in [-0.25, -0.2) is 0 Å². The molecule has 0 saturated heterocycles. The normalized spacial score (nSPS) is 11.0. The van der Waals surface area contributed by atoms with E-state index in [-0.39, 0.29) is 19.0 Å². The van der Waals surface area contributed by atoms with Gasteiger partial charge in [-0.1, -0.05) is 0 Å². The fourth-order valence-corrected chi connectivity index (χ4v) is 0.0408. The molecule has 1 atom stereocenters. The van der Waals surface area contributed by atoms with E-state index in [1.165, 1.54) is 0 Å². The van der Waals surface area contributed by atoms with Gasteiger partial charge in [-0.15, -0.1) is 12.4 Å². The van der Waals surface area contributed by atoms with Gasteiger partial charge in [0.2, 0.25) is 0 Å². The van der Waals surface area contributed by atoms with Gasteiger partial charge in [0, 0.05) is 0 Å². The van der Waals surface area contributed by atoms with E-state index < -0.39 is 6.04 Å². The molecule has 0 heterocycles. The van der Waals surface area contributed by atoms with E-state index in [0.29, 0.717) is 0 Å². The van der Waals surface area contributed by atoms with Crippen molar-refractivity contribution in [1.82, 2.24) is 0 Å². The Morgan fingerprint density at radius 1 is 1.86 bits per heavy atom. The predicted octanol–water partition coefficient (Wildman–Crippen LogP) is -0.749. The van der Waals surface area contributed by atoms with Gasteiger partial charge >= 0.3 is 0 Å². The van der Waals surface area contributed by atoms with Crippen molar-refractivity contribution in [3.8, 4) is 6.07 Å². The Labute approximate surface area is 48.1 Å². The molecule has 0 aromatic carbocycles. The molecule has 0 aliphatic rings. The summed E-state index contributed by atoms with van der Waals surface area (Å²) in [6.07, 6.45) is 0. The van der Waals surface area contributed by atoms with E-state index in [2.05, 4.69) is 0 Å². The van der Waals surface area contributed by atoms with Gasteiger partial charge in [0.05, 0.1) is 12.7 Å². The molecule has 3 N–H and O–H groups in total. The van der Waals surface area contributed by atoms with Gasteiger partial charge in [-0.3, -0.25) is 0 Å². The molecule has 0 aromatic rings. The van der Waals surface area contributed by atoms with E-state index in [1.54, 1.807) is 6.07 Å². The second kappa shape index (κ2) is 5.70. The van der Waals surface area contributed by atoms with Crippen LogP contribution in [0.25, 0.3) is 0 Å². The van der Waals surface area contributed by atoms with Gasteiger partial charge in [0.15, 0.2) is 0 Å². The lowest BCUT2D eigenvalue weighted by molar-refractivity contribution is 0.286. The van der Waals surface area contributed by atoms with Gasteiger partial charge < -0.3 is 10.8 Å². The highest BCUT2D eigenvalue weighted by atomic mass is 35.5. The minimum absolute atomic E-state index is 0. The smallest absolute Gasteiger partial charge is 0.116 e. The molecule has 0 aromatic heterocycles. The molecule has 0 aliphatic carbocycles. The Morgan fingerprint density at radius 2 is 2.29 bits per heavy atom. The van der Waals surface area contributed by atoms with Crippen LogP contribution >= 0.6 is 12.4 Å². The van der Waals surface area contributed by atoms with Crippen molar-refractivity contribution in [2.45, 2.75) is 6.04 Å². The second-order valence-electron chi connectivity index (χ2n) is 0.918. The molecule has 1 unspecified atom stereocenters. The van der Waals surface area contributed by atoms with Crippen molar-refractivity contribution in [1.29, 1.82) is 5.26 Å². The summed E-state index contributed by atoms with van der Waals surface area (Å²) in [7, 11) is 0. The average Bonchev–Trinajstić information content (AvgIpc) is 1.65. The molecule has 0 radical (unpaired) electrons. The average molecular weight is 123 g/mol. The second-order valence-corrected chi connectivity index (χ2v) is 0.918. The van der Waals surface area contributed by atoms with Crippen LogP contribution in [-0.2, 0) is 0 Å². The van der Waals surface area contributed by atoms with Crippen LogP contribution in [0.3, 0.4) is 0 Å². The first-order chi connectivity index (χ1) is 2.81. The van der Waals surface area contributed by atoms with Gasteiger partial charge in [0.1, 0.15) is 6.04 Å². The highest BCUT2D eigenvalue weighted by molar-refractivity contribution is 5.85. The quantitative estimate of drug-likeness (QED) is 0.481. The molecule has 0 saturated carbocycles. The number of nitrogens with two attached hydrogens (primary N) is 1. The maximum Gasteiger partial charge on any atom is 0.116 e. The Balaban J connectivity index is 0. The van der Waals surface area contributed by atoms with Crippen LogP contribution in [0.15, 0.2) is 0 Å². The molecule has 4 heteroatoms. The number of nitrogens with zero attached hydrogens (tertiary/aromatic N) is 1. The van der Waals surface area contributed by atoms with Crippen molar-refractivity contribution in [2.75, 3.05) is 6.61 Å². The third-order valence-electron chi connectivity index (χ3n) is 0.363. The van der Waals surface area contributed by atoms with Crippen molar-refractivity contribution >= 4 is 12.4 Å². The molecule has 0 amide bonds. The summed E-state index contributed by atoms with van der Waals surface area (Å²) < 4.78 is 0. The number of nitriles is 1. The highest BCUT2D eigenvalue weighted by Gasteiger charge is 1.90. The Hall–Kier alpha value is -0.300. The number of aliphatic hydroxyl groups is 1. The monoisotopic (exact) mass is 122 g/mol. The largest absolute Gasteiger partial charge is 0.394 e. The van der Waals surface area contributed by atoms with Crippen molar-refractivity contribution < 1.29 is 5.11 Å². The molecule has 0 rings (SSSR count). The van der Waals surface area contributed by atoms with E-state index in [1.807, 2.05) is 0 Å². The first-order valence-electron chi connectivity index (χ1n) is 1.57. The maximum atomic E-state index is 7.99. The molecule has 3 nitrogen and oxygen atoms in total. The molecule has 7 heavy (non-hydrogen) atoms. The van der Waals surface area contributed by atoms with E-state index >= 15 is 0 Å². The lowest BCUT2D eigenvalue weighted by Gasteiger charge is -1.88. The van der Waals surface area contributed by atoms with E-state index in [0.717, 1.165) is 0 Å². The van der Waals surface area contributed by atoms with Crippen LogP contribution in [-0.4, -0.2) is 17.8 Å². The fourth-order valence-electron chi connectivity index (χ4n) is 0.0408. The Morgan fingerprint density at radius 3 is 2.29 bits per heavy atom. The summed E-state index contributed by atoms with van der Waals surface area (Å²) in [4.78, 5) is 0. The van der Waals surface area contributed by atoms with Crippen LogP contribution in [0, 0.1) is 11.3 Å². The molecular weight excluding hydrogens is 115 g/mol. The van der Waals surface area contributed by atoms with Crippen molar-refractivity contribution in [3.05, 3.63) is 0 Å². The van der Waals surface area contributed by atoms with Crippen LogP contribution in [0.4, 0.5) is 0 Å².